The van der Waals surface area contributed by atoms with Gasteiger partial charge in [0.25, 0.3) is 0 Å². The molecule has 2 atom stereocenters. The number of hydrogen-bond acceptors (Lipinski definition) is 4. The molecule has 1 aromatic rings. The van der Waals surface area contributed by atoms with E-state index >= 15 is 0 Å². The molecular weight excluding hydrogens is 395 g/mol. The van der Waals surface area contributed by atoms with Crippen LogP contribution in [0.25, 0.3) is 0 Å². The zero-order valence-electron chi connectivity index (χ0n) is 17.4. The van der Waals surface area contributed by atoms with Crippen LogP contribution >= 0.6 is 0 Å². The van der Waals surface area contributed by atoms with Gasteiger partial charge < -0.3 is 15.0 Å². The van der Waals surface area contributed by atoms with Crippen LogP contribution in [0.3, 0.4) is 0 Å². The Balaban J connectivity index is 1.46. The molecule has 8 heteroatoms. The van der Waals surface area contributed by atoms with Crippen molar-refractivity contribution in [1.29, 1.82) is 0 Å². The van der Waals surface area contributed by atoms with E-state index in [-0.39, 0.29) is 17.5 Å². The molecular formula is C22H30F3N3O2. The zero-order chi connectivity index (χ0) is 21.3. The Morgan fingerprint density at radius 2 is 1.83 bits per heavy atom. The van der Waals surface area contributed by atoms with E-state index in [1.807, 2.05) is 0 Å². The summed E-state index contributed by atoms with van der Waals surface area (Å²) in [4.78, 5) is 17.6. The predicted molar refractivity (Wildman–Crippen MR) is 108 cm³/mol. The first-order valence-electron chi connectivity index (χ1n) is 10.9. The summed E-state index contributed by atoms with van der Waals surface area (Å²) in [6.07, 6.45) is 0.00347. The number of carbonyl (C=O) groups is 1. The van der Waals surface area contributed by atoms with Crippen LogP contribution in [-0.2, 0) is 11.0 Å². The highest BCUT2D eigenvalue weighted by Gasteiger charge is 2.36. The number of carbonyl (C=O) groups excluding carboxylic acids is 1. The normalized spacial score (nSPS) is 27.5. The Labute approximate surface area is 175 Å². The molecule has 2 saturated heterocycles. The van der Waals surface area contributed by atoms with Gasteiger partial charge in [0, 0.05) is 19.0 Å². The van der Waals surface area contributed by atoms with E-state index in [2.05, 4.69) is 22.2 Å². The molecule has 3 aliphatic rings. The lowest BCUT2D eigenvalue weighted by atomic mass is 9.80. The molecule has 5 nitrogen and oxygen atoms in total. The highest BCUT2D eigenvalue weighted by atomic mass is 19.4. The third kappa shape index (κ3) is 4.91. The van der Waals surface area contributed by atoms with Gasteiger partial charge in [0.2, 0.25) is 5.91 Å². The van der Waals surface area contributed by atoms with Crippen LogP contribution < -0.4 is 10.1 Å². The minimum Gasteiger partial charge on any atom is -0.491 e. The third-order valence-electron chi connectivity index (χ3n) is 6.90. The first-order chi connectivity index (χ1) is 14.3. The molecule has 0 radical (unpaired) electrons. The fraction of sp³-hybridized carbons (Fsp3) is 0.682. The molecule has 1 N–H and O–H groups in total. The highest BCUT2D eigenvalue weighted by Crippen LogP contribution is 2.37. The van der Waals surface area contributed by atoms with E-state index in [0.717, 1.165) is 51.2 Å². The van der Waals surface area contributed by atoms with Crippen LogP contribution in [0, 0.1) is 11.8 Å². The van der Waals surface area contributed by atoms with E-state index < -0.39 is 11.7 Å². The van der Waals surface area contributed by atoms with E-state index in [4.69, 9.17) is 4.74 Å². The van der Waals surface area contributed by atoms with Gasteiger partial charge in [-0.1, -0.05) is 0 Å². The van der Waals surface area contributed by atoms with Crippen LogP contribution in [0.4, 0.5) is 18.9 Å². The van der Waals surface area contributed by atoms with Crippen LogP contribution in [0.5, 0.6) is 5.75 Å². The Morgan fingerprint density at radius 3 is 2.57 bits per heavy atom. The first kappa shape index (κ1) is 21.4. The lowest BCUT2D eigenvalue weighted by molar-refractivity contribution is -0.137. The quantitative estimate of drug-likeness (QED) is 0.743. The standard InChI is InChI=1S/C22H30F3N3O2/c1-27-8-5-18(6-9-27)28-10-4-15-12-21(29)26-19-13-17(22(23,24)25)2-3-20(19)30-11-7-16(15)14-28/h2-3,13,15-16,18H,4-12,14H2,1H3,(H,26,29)/t15-,16-/m0/s1. The monoisotopic (exact) mass is 425 g/mol. The minimum atomic E-state index is -4.46. The maximum Gasteiger partial charge on any atom is 0.416 e. The molecule has 1 aromatic carbocycles. The first-order valence-corrected chi connectivity index (χ1v) is 10.9. The number of hydrogen-bond donors (Lipinski definition) is 1. The van der Waals surface area contributed by atoms with Gasteiger partial charge in [0.05, 0.1) is 17.9 Å². The summed E-state index contributed by atoms with van der Waals surface area (Å²) in [5.41, 5.74) is -0.677. The van der Waals surface area contributed by atoms with Crippen LogP contribution in [-0.4, -0.2) is 61.6 Å². The number of nitrogens with zero attached hydrogens (tertiary/aromatic N) is 2. The Hall–Kier alpha value is -1.80. The summed E-state index contributed by atoms with van der Waals surface area (Å²) in [5.74, 6) is 0.671. The number of anilines is 1. The van der Waals surface area contributed by atoms with Crippen LogP contribution in [0.1, 0.15) is 37.7 Å². The number of alkyl halides is 3. The Morgan fingerprint density at radius 1 is 1.07 bits per heavy atom. The summed E-state index contributed by atoms with van der Waals surface area (Å²) < 4.78 is 45.0. The number of ether oxygens (including phenoxy) is 1. The van der Waals surface area contributed by atoms with Gasteiger partial charge in [0.15, 0.2) is 0 Å². The molecule has 30 heavy (non-hydrogen) atoms. The summed E-state index contributed by atoms with van der Waals surface area (Å²) in [7, 11) is 2.16. The second-order valence-corrected chi connectivity index (χ2v) is 8.94. The van der Waals surface area contributed by atoms with Crippen LogP contribution in [0.15, 0.2) is 18.2 Å². The molecule has 0 spiro atoms. The molecule has 0 unspecified atom stereocenters. The largest absolute Gasteiger partial charge is 0.491 e. The SMILES string of the molecule is CN1CCC(N2CC[C@H]3CC(=O)Nc4cc(C(F)(F)F)ccc4OCC[C@H]3C2)CC1. The number of benzene rings is 1. The molecule has 166 valence electrons. The van der Waals surface area contributed by atoms with Crippen molar-refractivity contribution in [2.45, 2.75) is 44.3 Å². The van der Waals surface area contributed by atoms with Gasteiger partial charge in [-0.15, -0.1) is 0 Å². The molecule has 0 aromatic heterocycles. The summed E-state index contributed by atoms with van der Waals surface area (Å²) in [6, 6.07) is 3.88. The van der Waals surface area contributed by atoms with Crippen molar-refractivity contribution in [3.63, 3.8) is 0 Å². The molecule has 1 amide bonds. The number of fused-ring (bicyclic) bond motifs is 2. The van der Waals surface area contributed by atoms with E-state index in [1.165, 1.54) is 18.9 Å². The van der Waals surface area contributed by atoms with E-state index in [0.29, 0.717) is 30.7 Å². The molecule has 3 aliphatic heterocycles. The lowest BCUT2D eigenvalue weighted by Crippen LogP contribution is -2.50. The van der Waals surface area contributed by atoms with Gasteiger partial charge in [-0.25, -0.2) is 0 Å². The maximum atomic E-state index is 13.1. The van der Waals surface area contributed by atoms with Crippen molar-refractivity contribution in [1.82, 2.24) is 9.80 Å². The number of likely N-dealkylation sites (tertiary alicyclic amines) is 2. The molecule has 3 heterocycles. The number of rotatable bonds is 1. The van der Waals surface area contributed by atoms with Gasteiger partial charge in [0.1, 0.15) is 5.75 Å². The van der Waals surface area contributed by atoms with Gasteiger partial charge >= 0.3 is 6.18 Å². The smallest absolute Gasteiger partial charge is 0.416 e. The lowest BCUT2D eigenvalue weighted by Gasteiger charge is -2.44. The van der Waals surface area contributed by atoms with Crippen molar-refractivity contribution in [3.8, 4) is 5.75 Å². The Kier molecular flexibility index (Phi) is 6.25. The van der Waals surface area contributed by atoms with Gasteiger partial charge in [-0.3, -0.25) is 9.69 Å². The topological polar surface area (TPSA) is 44.8 Å². The average Bonchev–Trinajstić information content (AvgIpc) is 2.70. The summed E-state index contributed by atoms with van der Waals surface area (Å²) in [5, 5.41) is 2.67. The molecule has 0 bridgehead atoms. The second-order valence-electron chi connectivity index (χ2n) is 8.94. The van der Waals surface area contributed by atoms with Crippen molar-refractivity contribution in [3.05, 3.63) is 23.8 Å². The van der Waals surface area contributed by atoms with Crippen molar-refractivity contribution < 1.29 is 22.7 Å². The van der Waals surface area contributed by atoms with Crippen molar-refractivity contribution in [2.75, 3.05) is 45.2 Å². The fourth-order valence-electron chi connectivity index (χ4n) is 5.09. The third-order valence-corrected chi connectivity index (χ3v) is 6.90. The Bertz CT molecular complexity index is 762. The fourth-order valence-corrected chi connectivity index (χ4v) is 5.09. The second kappa shape index (κ2) is 8.75. The molecule has 4 rings (SSSR count). The van der Waals surface area contributed by atoms with Crippen LogP contribution in [0.2, 0.25) is 0 Å². The van der Waals surface area contributed by atoms with Gasteiger partial charge in [-0.05, 0) is 82.4 Å². The molecule has 2 fully saturated rings. The predicted octanol–water partition coefficient (Wildman–Crippen LogP) is 3.85. The number of amides is 1. The molecule has 0 saturated carbocycles. The zero-order valence-corrected chi connectivity index (χ0v) is 17.4. The highest BCUT2D eigenvalue weighted by molar-refractivity contribution is 5.92. The van der Waals surface area contributed by atoms with E-state index in [9.17, 15) is 18.0 Å². The number of nitrogens with one attached hydrogen (secondary N) is 1. The van der Waals surface area contributed by atoms with Crippen molar-refractivity contribution >= 4 is 11.6 Å². The van der Waals surface area contributed by atoms with Gasteiger partial charge in [-0.2, -0.15) is 13.2 Å². The summed E-state index contributed by atoms with van der Waals surface area (Å²) in [6.45, 7) is 4.64. The maximum absolute atomic E-state index is 13.1. The number of halogens is 3. The molecule has 0 aliphatic carbocycles. The van der Waals surface area contributed by atoms with E-state index in [1.54, 1.807) is 0 Å². The average molecular weight is 425 g/mol. The minimum absolute atomic E-state index is 0.108. The van der Waals surface area contributed by atoms with Crippen molar-refractivity contribution in [2.24, 2.45) is 11.8 Å². The number of piperidine rings is 2. The summed E-state index contributed by atoms with van der Waals surface area (Å²) >= 11 is 0.